The van der Waals surface area contributed by atoms with Gasteiger partial charge in [0.15, 0.2) is 0 Å². The van der Waals surface area contributed by atoms with Crippen LogP contribution in [0.2, 0.25) is 0 Å². The Morgan fingerprint density at radius 1 is 1.00 bits per heavy atom. The summed E-state index contributed by atoms with van der Waals surface area (Å²) in [6.45, 7) is 3.63. The molecule has 0 rings (SSSR count). The van der Waals surface area contributed by atoms with E-state index in [1.807, 2.05) is 0 Å². The molecule has 22 heavy (non-hydrogen) atoms. The summed E-state index contributed by atoms with van der Waals surface area (Å²) in [5.41, 5.74) is 0. The van der Waals surface area contributed by atoms with Crippen molar-refractivity contribution in [1.82, 2.24) is 0 Å². The minimum absolute atomic E-state index is 0.122. The SMILES string of the molecule is CCOC(=O)OCOP(=O)(COC)OCOC(=O)OC(C)C. The lowest BCUT2D eigenvalue weighted by atomic mass is 10.5. The molecule has 0 saturated carbocycles. The summed E-state index contributed by atoms with van der Waals surface area (Å²) in [6.07, 6.45) is -2.76. The molecule has 130 valence electrons. The molecule has 0 aliphatic rings. The third kappa shape index (κ3) is 10.4. The summed E-state index contributed by atoms with van der Waals surface area (Å²) < 4.78 is 44.6. The molecule has 0 radical (unpaired) electrons. The maximum Gasteiger partial charge on any atom is 0.510 e. The predicted molar refractivity (Wildman–Crippen MR) is 72.2 cm³/mol. The number of rotatable bonds is 10. The second-order valence-corrected chi connectivity index (χ2v) is 5.91. The first kappa shape index (κ1) is 20.6. The molecule has 0 heterocycles. The van der Waals surface area contributed by atoms with Gasteiger partial charge < -0.3 is 23.7 Å². The molecule has 1 atom stereocenters. The van der Waals surface area contributed by atoms with Crippen molar-refractivity contribution >= 4 is 19.9 Å². The van der Waals surface area contributed by atoms with Gasteiger partial charge in [-0.15, -0.1) is 0 Å². The fourth-order valence-electron chi connectivity index (χ4n) is 0.965. The highest BCUT2D eigenvalue weighted by Gasteiger charge is 2.26. The van der Waals surface area contributed by atoms with Gasteiger partial charge in [-0.3, -0.25) is 13.6 Å². The Labute approximate surface area is 128 Å². The smallest absolute Gasteiger partial charge is 0.435 e. The van der Waals surface area contributed by atoms with E-state index >= 15 is 0 Å². The van der Waals surface area contributed by atoms with Crippen LogP contribution in [0.4, 0.5) is 9.59 Å². The number of carbonyl (C=O) groups excluding carboxylic acids is 2. The van der Waals surface area contributed by atoms with E-state index in [0.717, 1.165) is 0 Å². The van der Waals surface area contributed by atoms with E-state index in [-0.39, 0.29) is 12.7 Å². The van der Waals surface area contributed by atoms with Crippen LogP contribution in [0.1, 0.15) is 20.8 Å². The lowest BCUT2D eigenvalue weighted by Crippen LogP contribution is -2.16. The zero-order chi connectivity index (χ0) is 17.0. The first-order chi connectivity index (χ1) is 10.3. The van der Waals surface area contributed by atoms with E-state index in [4.69, 9.17) is 9.05 Å². The van der Waals surface area contributed by atoms with E-state index in [2.05, 4.69) is 23.7 Å². The number of carbonyl (C=O) groups is 2. The molecule has 0 N–H and O–H groups in total. The minimum Gasteiger partial charge on any atom is -0.435 e. The maximum absolute atomic E-state index is 12.1. The number of hydrogen-bond acceptors (Lipinski definition) is 10. The van der Waals surface area contributed by atoms with Crippen molar-refractivity contribution in [3.8, 4) is 0 Å². The Bertz CT molecular complexity index is 383. The summed E-state index contributed by atoms with van der Waals surface area (Å²) in [4.78, 5) is 22.0. The van der Waals surface area contributed by atoms with Crippen molar-refractivity contribution in [3.05, 3.63) is 0 Å². The molecule has 0 aromatic rings. The Kier molecular flexibility index (Phi) is 10.6. The Balaban J connectivity index is 4.17. The number of ether oxygens (including phenoxy) is 5. The van der Waals surface area contributed by atoms with E-state index in [9.17, 15) is 14.2 Å². The minimum atomic E-state index is -3.77. The fourth-order valence-corrected chi connectivity index (χ4v) is 1.93. The van der Waals surface area contributed by atoms with Crippen LogP contribution >= 0.6 is 7.60 Å². The molecule has 0 aromatic carbocycles. The van der Waals surface area contributed by atoms with E-state index < -0.39 is 39.8 Å². The molecule has 10 nitrogen and oxygen atoms in total. The van der Waals surface area contributed by atoms with Gasteiger partial charge >= 0.3 is 19.9 Å². The van der Waals surface area contributed by atoms with Crippen LogP contribution in [0.15, 0.2) is 0 Å². The molecular weight excluding hydrogens is 323 g/mol. The van der Waals surface area contributed by atoms with Crippen LogP contribution in [-0.4, -0.2) is 52.1 Å². The largest absolute Gasteiger partial charge is 0.510 e. The third-order valence-corrected chi connectivity index (χ3v) is 3.31. The molecule has 1 unspecified atom stereocenters. The molecule has 0 bridgehead atoms. The lowest BCUT2D eigenvalue weighted by Gasteiger charge is -2.17. The monoisotopic (exact) mass is 344 g/mol. The van der Waals surface area contributed by atoms with Crippen LogP contribution in [0.5, 0.6) is 0 Å². The maximum atomic E-state index is 12.1. The number of methoxy groups -OCH3 is 1. The van der Waals surface area contributed by atoms with Crippen LogP contribution in [-0.2, 0) is 37.3 Å². The first-order valence-corrected chi connectivity index (χ1v) is 8.05. The summed E-state index contributed by atoms with van der Waals surface area (Å²) in [7, 11) is -2.51. The average Bonchev–Trinajstić information content (AvgIpc) is 2.38. The third-order valence-electron chi connectivity index (χ3n) is 1.73. The fraction of sp³-hybridized carbons (Fsp3) is 0.818. The molecule has 0 aliphatic carbocycles. The molecule has 0 spiro atoms. The van der Waals surface area contributed by atoms with Crippen molar-refractivity contribution in [2.24, 2.45) is 0 Å². The van der Waals surface area contributed by atoms with Gasteiger partial charge in [-0.2, -0.15) is 0 Å². The van der Waals surface area contributed by atoms with Crippen molar-refractivity contribution in [1.29, 1.82) is 0 Å². The Hall–Kier alpha value is -1.35. The summed E-state index contributed by atoms with van der Waals surface area (Å²) in [6, 6.07) is 0. The van der Waals surface area contributed by atoms with Crippen molar-refractivity contribution in [2.45, 2.75) is 26.9 Å². The van der Waals surface area contributed by atoms with E-state index in [0.29, 0.717) is 0 Å². The molecule has 0 amide bonds. The zero-order valence-electron chi connectivity index (χ0n) is 12.9. The van der Waals surface area contributed by atoms with Crippen molar-refractivity contribution < 1.29 is 46.9 Å². The van der Waals surface area contributed by atoms with Crippen LogP contribution < -0.4 is 0 Å². The lowest BCUT2D eigenvalue weighted by molar-refractivity contribution is -0.0291. The normalized spacial score (nSPS) is 13.3. The van der Waals surface area contributed by atoms with Gasteiger partial charge in [-0.25, -0.2) is 9.59 Å². The highest BCUT2D eigenvalue weighted by Crippen LogP contribution is 2.47. The Morgan fingerprint density at radius 3 is 2.00 bits per heavy atom. The summed E-state index contributed by atoms with van der Waals surface area (Å²) in [5.74, 6) is 0. The van der Waals surface area contributed by atoms with E-state index in [1.165, 1.54) is 7.11 Å². The molecule has 11 heteroatoms. The molecular formula is C11H21O10P. The second-order valence-electron chi connectivity index (χ2n) is 3.91. The van der Waals surface area contributed by atoms with Crippen molar-refractivity contribution in [2.75, 3.05) is 33.7 Å². The van der Waals surface area contributed by atoms with Gasteiger partial charge in [-0.05, 0) is 20.8 Å². The molecule has 0 fully saturated rings. The second kappa shape index (κ2) is 11.2. The molecule has 0 saturated heterocycles. The first-order valence-electron chi connectivity index (χ1n) is 6.33. The predicted octanol–water partition coefficient (Wildman–Crippen LogP) is 2.47. The van der Waals surface area contributed by atoms with Crippen LogP contribution in [0, 0.1) is 0 Å². The standard InChI is InChI=1S/C11H21O10P/c1-5-16-10(12)17-6-19-22(14,8-15-4)20-7-18-11(13)21-9(2)3/h9H,5-8H2,1-4H3. The highest BCUT2D eigenvalue weighted by molar-refractivity contribution is 7.53. The summed E-state index contributed by atoms with van der Waals surface area (Å²) >= 11 is 0. The van der Waals surface area contributed by atoms with Gasteiger partial charge in [0.2, 0.25) is 13.6 Å². The van der Waals surface area contributed by atoms with Gasteiger partial charge in [0, 0.05) is 7.11 Å². The van der Waals surface area contributed by atoms with Gasteiger partial charge in [-0.1, -0.05) is 0 Å². The highest BCUT2D eigenvalue weighted by atomic mass is 31.2. The van der Waals surface area contributed by atoms with E-state index in [1.54, 1.807) is 20.8 Å². The zero-order valence-corrected chi connectivity index (χ0v) is 13.8. The number of hydrogen-bond donors (Lipinski definition) is 0. The van der Waals surface area contributed by atoms with Gasteiger partial charge in [0.05, 0.1) is 12.7 Å². The van der Waals surface area contributed by atoms with Crippen molar-refractivity contribution in [3.63, 3.8) is 0 Å². The average molecular weight is 344 g/mol. The Morgan fingerprint density at radius 2 is 1.55 bits per heavy atom. The van der Waals surface area contributed by atoms with Gasteiger partial charge in [0.25, 0.3) is 0 Å². The van der Waals surface area contributed by atoms with Gasteiger partial charge in [0.1, 0.15) is 6.35 Å². The summed E-state index contributed by atoms with van der Waals surface area (Å²) in [5, 5.41) is 0. The topological polar surface area (TPSA) is 116 Å². The molecule has 0 aromatic heterocycles. The van der Waals surface area contributed by atoms with Crippen LogP contribution in [0.25, 0.3) is 0 Å². The molecule has 0 aliphatic heterocycles. The van der Waals surface area contributed by atoms with Crippen LogP contribution in [0.3, 0.4) is 0 Å². The quantitative estimate of drug-likeness (QED) is 0.332.